The smallest absolute Gasteiger partial charge is 0.305 e. The maximum absolute atomic E-state index is 10.5. The molecule has 0 bridgehead atoms. The summed E-state index contributed by atoms with van der Waals surface area (Å²) in [7, 11) is 0. The highest BCUT2D eigenvalue weighted by Crippen LogP contribution is 2.22. The lowest BCUT2D eigenvalue weighted by Crippen LogP contribution is -2.21. The van der Waals surface area contributed by atoms with Crippen LogP contribution in [-0.4, -0.2) is 17.5 Å². The van der Waals surface area contributed by atoms with Crippen LogP contribution in [-0.2, 0) is 9.59 Å². The second-order valence-corrected chi connectivity index (χ2v) is 3.36. The first-order valence-electron chi connectivity index (χ1n) is 3.80. The van der Waals surface area contributed by atoms with Crippen LogP contribution < -0.4 is 5.32 Å². The summed E-state index contributed by atoms with van der Waals surface area (Å²) in [6.45, 7) is 0. The molecule has 1 amide bonds. The first kappa shape index (κ1) is 10.8. The maximum Gasteiger partial charge on any atom is 0.305 e. The van der Waals surface area contributed by atoms with Gasteiger partial charge in [0.05, 0.1) is 12.5 Å². The molecule has 1 aromatic heterocycles. The molecule has 1 rings (SSSR count). The van der Waals surface area contributed by atoms with Crippen LogP contribution in [0.25, 0.3) is 0 Å². The highest BCUT2D eigenvalue weighted by molar-refractivity contribution is 9.10. The maximum atomic E-state index is 10.5. The third kappa shape index (κ3) is 2.88. The van der Waals surface area contributed by atoms with E-state index in [4.69, 9.17) is 9.52 Å². The lowest BCUT2D eigenvalue weighted by atomic mass is 10.1. The molecule has 76 valence electrons. The van der Waals surface area contributed by atoms with E-state index in [9.17, 15) is 9.59 Å². The van der Waals surface area contributed by atoms with Crippen LogP contribution in [0, 0.1) is 0 Å². The van der Waals surface area contributed by atoms with Crippen molar-refractivity contribution in [2.24, 2.45) is 0 Å². The van der Waals surface area contributed by atoms with E-state index >= 15 is 0 Å². The Morgan fingerprint density at radius 1 is 1.71 bits per heavy atom. The van der Waals surface area contributed by atoms with E-state index in [1.54, 1.807) is 12.1 Å². The molecule has 1 heterocycles. The van der Waals surface area contributed by atoms with E-state index in [-0.39, 0.29) is 6.42 Å². The Morgan fingerprint density at radius 2 is 2.43 bits per heavy atom. The van der Waals surface area contributed by atoms with Gasteiger partial charge in [0.1, 0.15) is 5.76 Å². The number of carboxylic acid groups (broad SMARTS) is 1. The Bertz CT molecular complexity index is 336. The number of furan rings is 1. The molecule has 6 heteroatoms. The van der Waals surface area contributed by atoms with E-state index in [0.717, 1.165) is 0 Å². The van der Waals surface area contributed by atoms with Crippen LogP contribution in [0.3, 0.4) is 0 Å². The molecule has 0 saturated heterocycles. The molecule has 5 nitrogen and oxygen atoms in total. The molecule has 1 atom stereocenters. The lowest BCUT2D eigenvalue weighted by molar-refractivity contribution is -0.137. The molecule has 0 aliphatic heterocycles. The zero-order chi connectivity index (χ0) is 10.6. The van der Waals surface area contributed by atoms with Crippen molar-refractivity contribution in [1.82, 2.24) is 5.32 Å². The summed E-state index contributed by atoms with van der Waals surface area (Å²) in [5, 5.41) is 10.9. The number of carbonyl (C=O) groups is 2. The van der Waals surface area contributed by atoms with E-state index in [2.05, 4.69) is 21.2 Å². The van der Waals surface area contributed by atoms with Crippen molar-refractivity contribution in [3.63, 3.8) is 0 Å². The quantitative estimate of drug-likeness (QED) is 0.784. The largest absolute Gasteiger partial charge is 0.481 e. The zero-order valence-electron chi connectivity index (χ0n) is 7.07. The molecule has 0 aliphatic rings. The Hall–Kier alpha value is -1.30. The standard InChI is InChI=1S/C8H8BrNO4/c9-7-2-1-6(14-7)5(10-4-11)3-8(12)13/h1-2,4-5H,3H2,(H,10,11)(H,12,13). The molecular formula is C8H8BrNO4. The second kappa shape index (κ2) is 4.80. The van der Waals surface area contributed by atoms with Crippen LogP contribution in [0.2, 0.25) is 0 Å². The monoisotopic (exact) mass is 261 g/mol. The van der Waals surface area contributed by atoms with Gasteiger partial charge in [-0.05, 0) is 28.1 Å². The first-order chi connectivity index (χ1) is 6.63. The molecule has 1 unspecified atom stereocenters. The highest BCUT2D eigenvalue weighted by atomic mass is 79.9. The van der Waals surface area contributed by atoms with Crippen LogP contribution in [0.1, 0.15) is 18.2 Å². The fourth-order valence-electron chi connectivity index (χ4n) is 1.01. The van der Waals surface area contributed by atoms with Gasteiger partial charge >= 0.3 is 5.97 Å². The Kier molecular flexibility index (Phi) is 3.70. The molecule has 2 N–H and O–H groups in total. The topological polar surface area (TPSA) is 79.5 Å². The van der Waals surface area contributed by atoms with Gasteiger partial charge in [-0.15, -0.1) is 0 Å². The van der Waals surface area contributed by atoms with Gasteiger partial charge < -0.3 is 14.8 Å². The van der Waals surface area contributed by atoms with Gasteiger partial charge in [-0.2, -0.15) is 0 Å². The number of halogens is 1. The molecule has 0 radical (unpaired) electrons. The van der Waals surface area contributed by atoms with E-state index in [1.807, 2.05) is 0 Å². The third-order valence-electron chi connectivity index (χ3n) is 1.59. The first-order valence-corrected chi connectivity index (χ1v) is 4.59. The van der Waals surface area contributed by atoms with Crippen LogP contribution in [0.5, 0.6) is 0 Å². The molecule has 14 heavy (non-hydrogen) atoms. The van der Waals surface area contributed by atoms with Gasteiger partial charge in [0.25, 0.3) is 0 Å². The highest BCUT2D eigenvalue weighted by Gasteiger charge is 2.17. The van der Waals surface area contributed by atoms with Crippen molar-refractivity contribution < 1.29 is 19.1 Å². The summed E-state index contributed by atoms with van der Waals surface area (Å²) in [6, 6.07) is 2.61. The predicted molar refractivity (Wildman–Crippen MR) is 50.6 cm³/mol. The van der Waals surface area contributed by atoms with E-state index in [1.165, 1.54) is 0 Å². The number of nitrogens with one attached hydrogen (secondary N) is 1. The van der Waals surface area contributed by atoms with Crippen molar-refractivity contribution in [1.29, 1.82) is 0 Å². The fraction of sp³-hybridized carbons (Fsp3) is 0.250. The number of hydrogen-bond acceptors (Lipinski definition) is 3. The third-order valence-corrected chi connectivity index (χ3v) is 2.01. The normalized spacial score (nSPS) is 12.1. The fourth-order valence-corrected chi connectivity index (χ4v) is 1.33. The Labute approximate surface area is 88.2 Å². The molecule has 1 aromatic rings. The van der Waals surface area contributed by atoms with Gasteiger partial charge in [-0.25, -0.2) is 0 Å². The van der Waals surface area contributed by atoms with Crippen molar-refractivity contribution in [2.45, 2.75) is 12.5 Å². The van der Waals surface area contributed by atoms with Gasteiger partial charge in [-0.3, -0.25) is 9.59 Å². The van der Waals surface area contributed by atoms with Crippen molar-refractivity contribution in [3.8, 4) is 0 Å². The van der Waals surface area contributed by atoms with Crippen molar-refractivity contribution >= 4 is 28.3 Å². The molecule has 0 aliphatic carbocycles. The summed E-state index contributed by atoms with van der Waals surface area (Å²) in [5.41, 5.74) is 0. The Morgan fingerprint density at radius 3 is 2.86 bits per heavy atom. The minimum Gasteiger partial charge on any atom is -0.481 e. The lowest BCUT2D eigenvalue weighted by Gasteiger charge is -2.09. The average molecular weight is 262 g/mol. The van der Waals surface area contributed by atoms with Crippen LogP contribution in [0.15, 0.2) is 21.2 Å². The van der Waals surface area contributed by atoms with Crippen molar-refractivity contribution in [2.75, 3.05) is 0 Å². The summed E-state index contributed by atoms with van der Waals surface area (Å²) < 4.78 is 5.63. The molecule has 0 fully saturated rings. The molecular weight excluding hydrogens is 254 g/mol. The van der Waals surface area contributed by atoms with E-state index in [0.29, 0.717) is 16.8 Å². The Balaban J connectivity index is 2.76. The number of carbonyl (C=O) groups excluding carboxylic acids is 1. The van der Waals surface area contributed by atoms with Crippen molar-refractivity contribution in [3.05, 3.63) is 22.6 Å². The summed E-state index contributed by atoms with van der Waals surface area (Å²) in [5.74, 6) is -0.594. The number of amides is 1. The second-order valence-electron chi connectivity index (χ2n) is 2.58. The van der Waals surface area contributed by atoms with Gasteiger partial charge in [0.2, 0.25) is 6.41 Å². The number of rotatable bonds is 5. The molecule has 0 aromatic carbocycles. The summed E-state index contributed by atoms with van der Waals surface area (Å²) in [4.78, 5) is 20.7. The average Bonchev–Trinajstić information content (AvgIpc) is 2.50. The summed E-state index contributed by atoms with van der Waals surface area (Å²) in [6.07, 6.45) is 0.239. The number of hydrogen-bond donors (Lipinski definition) is 2. The van der Waals surface area contributed by atoms with Gasteiger partial charge in [-0.1, -0.05) is 0 Å². The number of aliphatic carboxylic acids is 1. The predicted octanol–water partition coefficient (Wildman–Crippen LogP) is 1.30. The zero-order valence-corrected chi connectivity index (χ0v) is 8.65. The van der Waals surface area contributed by atoms with Crippen LogP contribution in [0.4, 0.5) is 0 Å². The molecule has 0 spiro atoms. The van der Waals surface area contributed by atoms with Gasteiger partial charge in [0, 0.05) is 0 Å². The summed E-state index contributed by atoms with van der Waals surface area (Å²) >= 11 is 3.09. The minimum atomic E-state index is -1.00. The van der Waals surface area contributed by atoms with Crippen LogP contribution >= 0.6 is 15.9 Å². The van der Waals surface area contributed by atoms with E-state index < -0.39 is 12.0 Å². The molecule has 0 saturated carbocycles. The van der Waals surface area contributed by atoms with Gasteiger partial charge in [0.15, 0.2) is 4.67 Å². The SMILES string of the molecule is O=CNC(CC(=O)O)c1ccc(Br)o1. The minimum absolute atomic E-state index is 0.210. The number of carboxylic acids is 1.